The van der Waals surface area contributed by atoms with Gasteiger partial charge in [0.1, 0.15) is 0 Å². The van der Waals surface area contributed by atoms with Crippen LogP contribution in [0.25, 0.3) is 0 Å². The van der Waals surface area contributed by atoms with Crippen molar-refractivity contribution in [3.05, 3.63) is 0 Å². The molecular weight excluding hydrogens is 316 g/mol. The SMILES string of the molecule is CC(C)(C)O[Si](OC(C)(C)C)(OC(C)(C)C)C1CCCCCCC1. The molecule has 0 aromatic rings. The Balaban J connectivity index is 3.24. The smallest absolute Gasteiger partial charge is 0.368 e. The van der Waals surface area contributed by atoms with Crippen LogP contribution in [-0.4, -0.2) is 25.6 Å². The second kappa shape index (κ2) is 8.19. The average Bonchev–Trinajstić information content (AvgIpc) is 2.18. The van der Waals surface area contributed by atoms with Gasteiger partial charge in [-0.25, -0.2) is 0 Å². The molecule has 3 nitrogen and oxygen atoms in total. The summed E-state index contributed by atoms with van der Waals surface area (Å²) in [6, 6.07) is 0. The Morgan fingerprint density at radius 2 is 0.833 bits per heavy atom. The first-order valence-electron chi connectivity index (χ1n) is 9.83. The second-order valence-electron chi connectivity index (χ2n) is 10.3. The Hall–Kier alpha value is 0.0969. The fourth-order valence-electron chi connectivity index (χ4n) is 3.40. The van der Waals surface area contributed by atoms with Crippen LogP contribution in [0.4, 0.5) is 0 Å². The molecule has 0 bridgehead atoms. The molecule has 0 heterocycles. The van der Waals surface area contributed by atoms with E-state index in [0.717, 1.165) is 12.8 Å². The van der Waals surface area contributed by atoms with Gasteiger partial charge in [-0.1, -0.05) is 32.1 Å². The molecule has 1 aliphatic rings. The molecule has 0 atom stereocenters. The Morgan fingerprint density at radius 1 is 0.542 bits per heavy atom. The van der Waals surface area contributed by atoms with Crippen molar-refractivity contribution < 1.29 is 13.3 Å². The molecule has 0 spiro atoms. The van der Waals surface area contributed by atoms with E-state index in [0.29, 0.717) is 5.54 Å². The molecule has 1 fully saturated rings. The molecule has 0 saturated heterocycles. The zero-order chi connectivity index (χ0) is 18.6. The van der Waals surface area contributed by atoms with E-state index in [1.165, 1.54) is 32.1 Å². The first-order valence-corrected chi connectivity index (χ1v) is 11.6. The molecule has 0 amide bonds. The van der Waals surface area contributed by atoms with Crippen molar-refractivity contribution in [3.8, 4) is 0 Å². The Morgan fingerprint density at radius 3 is 1.12 bits per heavy atom. The molecular formula is C20H42O3Si. The number of hydrogen-bond acceptors (Lipinski definition) is 3. The molecule has 0 N–H and O–H groups in total. The van der Waals surface area contributed by atoms with Gasteiger partial charge in [0.2, 0.25) is 0 Å². The Bertz CT molecular complexity index is 325. The summed E-state index contributed by atoms with van der Waals surface area (Å²) in [7, 11) is -2.86. The van der Waals surface area contributed by atoms with Crippen LogP contribution < -0.4 is 0 Å². The largest absolute Gasteiger partial charge is 0.505 e. The molecule has 4 heteroatoms. The van der Waals surface area contributed by atoms with Crippen molar-refractivity contribution in [2.24, 2.45) is 0 Å². The summed E-state index contributed by atoms with van der Waals surface area (Å²) in [6.07, 6.45) is 8.84. The molecule has 1 saturated carbocycles. The van der Waals surface area contributed by atoms with Crippen molar-refractivity contribution in [1.29, 1.82) is 0 Å². The van der Waals surface area contributed by atoms with Gasteiger partial charge in [0.25, 0.3) is 0 Å². The van der Waals surface area contributed by atoms with Crippen molar-refractivity contribution in [2.75, 3.05) is 0 Å². The quantitative estimate of drug-likeness (QED) is 0.538. The van der Waals surface area contributed by atoms with Crippen LogP contribution >= 0.6 is 0 Å². The topological polar surface area (TPSA) is 27.7 Å². The van der Waals surface area contributed by atoms with E-state index in [2.05, 4.69) is 62.3 Å². The van der Waals surface area contributed by atoms with Gasteiger partial charge in [0.05, 0.1) is 16.8 Å². The summed E-state index contributed by atoms with van der Waals surface area (Å²) in [6.45, 7) is 19.1. The van der Waals surface area contributed by atoms with Crippen LogP contribution in [0.1, 0.15) is 107 Å². The highest BCUT2D eigenvalue weighted by Crippen LogP contribution is 2.43. The fraction of sp³-hybridized carbons (Fsp3) is 1.00. The van der Waals surface area contributed by atoms with Gasteiger partial charge in [-0.15, -0.1) is 0 Å². The Kier molecular flexibility index (Phi) is 7.56. The van der Waals surface area contributed by atoms with Gasteiger partial charge in [-0.3, -0.25) is 0 Å². The third kappa shape index (κ3) is 8.46. The molecule has 0 aliphatic heterocycles. The van der Waals surface area contributed by atoms with E-state index in [9.17, 15) is 0 Å². The monoisotopic (exact) mass is 358 g/mol. The number of rotatable bonds is 4. The summed E-state index contributed by atoms with van der Waals surface area (Å²) >= 11 is 0. The minimum Gasteiger partial charge on any atom is -0.368 e. The molecule has 24 heavy (non-hydrogen) atoms. The van der Waals surface area contributed by atoms with Crippen molar-refractivity contribution in [3.63, 3.8) is 0 Å². The molecule has 0 radical (unpaired) electrons. The van der Waals surface area contributed by atoms with Gasteiger partial charge in [-0.05, 0) is 75.2 Å². The van der Waals surface area contributed by atoms with E-state index in [4.69, 9.17) is 13.3 Å². The van der Waals surface area contributed by atoms with E-state index < -0.39 is 8.80 Å². The second-order valence-corrected chi connectivity index (χ2v) is 12.9. The maximum Gasteiger partial charge on any atom is 0.505 e. The third-order valence-electron chi connectivity index (χ3n) is 3.95. The average molecular weight is 359 g/mol. The predicted molar refractivity (Wildman–Crippen MR) is 104 cm³/mol. The minimum atomic E-state index is -2.86. The fourth-order valence-corrected chi connectivity index (χ4v) is 7.70. The van der Waals surface area contributed by atoms with Gasteiger partial charge in [-0.2, -0.15) is 0 Å². The summed E-state index contributed by atoms with van der Waals surface area (Å²) in [5.74, 6) is 0. The highest BCUT2D eigenvalue weighted by Gasteiger charge is 2.55. The van der Waals surface area contributed by atoms with Gasteiger partial charge >= 0.3 is 8.80 Å². The molecule has 1 rings (SSSR count). The zero-order valence-corrected chi connectivity index (χ0v) is 18.8. The molecule has 0 unspecified atom stereocenters. The lowest BCUT2D eigenvalue weighted by Gasteiger charge is -2.47. The zero-order valence-electron chi connectivity index (χ0n) is 17.8. The van der Waals surface area contributed by atoms with Gasteiger partial charge in [0.15, 0.2) is 0 Å². The lowest BCUT2D eigenvalue weighted by atomic mass is 10.0. The van der Waals surface area contributed by atoms with Crippen LogP contribution in [0.2, 0.25) is 5.54 Å². The maximum absolute atomic E-state index is 6.71. The highest BCUT2D eigenvalue weighted by atomic mass is 28.4. The summed E-state index contributed by atoms with van der Waals surface area (Å²) < 4.78 is 20.1. The minimum absolute atomic E-state index is 0.273. The lowest BCUT2D eigenvalue weighted by molar-refractivity contribution is -0.0828. The van der Waals surface area contributed by atoms with Gasteiger partial charge in [0, 0.05) is 5.54 Å². The van der Waals surface area contributed by atoms with Crippen LogP contribution in [0.15, 0.2) is 0 Å². The first-order chi connectivity index (χ1) is 10.7. The third-order valence-corrected chi connectivity index (χ3v) is 8.22. The summed E-state index contributed by atoms with van der Waals surface area (Å²) in [5.41, 5.74) is -0.420. The van der Waals surface area contributed by atoms with Crippen LogP contribution in [-0.2, 0) is 13.3 Å². The maximum atomic E-state index is 6.71. The lowest BCUT2D eigenvalue weighted by Crippen LogP contribution is -2.60. The molecule has 0 aromatic carbocycles. The number of hydrogen-bond donors (Lipinski definition) is 0. The van der Waals surface area contributed by atoms with Crippen molar-refractivity contribution in [2.45, 2.75) is 130 Å². The van der Waals surface area contributed by atoms with Crippen LogP contribution in [0.3, 0.4) is 0 Å². The van der Waals surface area contributed by atoms with Crippen LogP contribution in [0.5, 0.6) is 0 Å². The summed E-state index contributed by atoms with van der Waals surface area (Å²) in [4.78, 5) is 0. The van der Waals surface area contributed by atoms with E-state index >= 15 is 0 Å². The standard InChI is InChI=1S/C20H42O3Si/c1-18(2,3)21-24(22-19(4,5)6,23-20(7,8)9)17-15-13-11-10-12-14-16-17/h17H,10-16H2,1-9H3. The highest BCUT2D eigenvalue weighted by molar-refractivity contribution is 6.62. The van der Waals surface area contributed by atoms with E-state index in [1.807, 2.05) is 0 Å². The molecule has 0 aromatic heterocycles. The van der Waals surface area contributed by atoms with Crippen LogP contribution in [0, 0.1) is 0 Å². The van der Waals surface area contributed by atoms with E-state index in [1.54, 1.807) is 0 Å². The molecule has 144 valence electrons. The van der Waals surface area contributed by atoms with E-state index in [-0.39, 0.29) is 16.8 Å². The van der Waals surface area contributed by atoms with Crippen molar-refractivity contribution in [1.82, 2.24) is 0 Å². The molecule has 1 aliphatic carbocycles. The summed E-state index contributed by atoms with van der Waals surface area (Å²) in [5, 5.41) is 0. The Labute approximate surface area is 152 Å². The predicted octanol–water partition coefficient (Wildman–Crippen LogP) is 6.49. The first kappa shape index (κ1) is 22.1. The normalized spacial score (nSPS) is 19.9. The van der Waals surface area contributed by atoms with Crippen molar-refractivity contribution >= 4 is 8.80 Å². The van der Waals surface area contributed by atoms with Gasteiger partial charge < -0.3 is 13.3 Å².